The van der Waals surface area contributed by atoms with Crippen LogP contribution in [0.2, 0.25) is 0 Å². The Hall–Kier alpha value is -0.780. The summed E-state index contributed by atoms with van der Waals surface area (Å²) in [5.41, 5.74) is -2.40. The van der Waals surface area contributed by atoms with Gasteiger partial charge in [-0.3, -0.25) is 9.59 Å². The van der Waals surface area contributed by atoms with Gasteiger partial charge in [0.2, 0.25) is 0 Å². The van der Waals surface area contributed by atoms with Crippen molar-refractivity contribution in [2.24, 2.45) is 34.5 Å². The first-order chi connectivity index (χ1) is 12.2. The zero-order chi connectivity index (χ0) is 18.9. The predicted molar refractivity (Wildman–Crippen MR) is 95.2 cm³/mol. The van der Waals surface area contributed by atoms with E-state index in [0.717, 1.165) is 38.5 Å². The Labute approximate surface area is 155 Å². The van der Waals surface area contributed by atoms with Gasteiger partial charge in [-0.25, -0.2) is 0 Å². The Morgan fingerprint density at radius 1 is 1.15 bits per heavy atom. The van der Waals surface area contributed by atoms with Gasteiger partial charge in [0.05, 0.1) is 6.10 Å². The van der Waals surface area contributed by atoms with Crippen LogP contribution in [0.1, 0.15) is 65.2 Å². The van der Waals surface area contributed by atoms with Gasteiger partial charge in [0.1, 0.15) is 18.0 Å². The Kier molecular flexibility index (Phi) is 4.18. The summed E-state index contributed by atoms with van der Waals surface area (Å²) in [7, 11) is 0. The van der Waals surface area contributed by atoms with Crippen LogP contribution < -0.4 is 0 Å². The van der Waals surface area contributed by atoms with Crippen LogP contribution >= 0.6 is 0 Å². The molecule has 5 heteroatoms. The fourth-order valence-corrected chi connectivity index (χ4v) is 7.64. The highest BCUT2D eigenvalue weighted by Gasteiger charge is 2.68. The molecule has 26 heavy (non-hydrogen) atoms. The fourth-order valence-electron chi connectivity index (χ4n) is 7.64. The number of carbonyl (C=O) groups excluding carboxylic acids is 2. The van der Waals surface area contributed by atoms with Gasteiger partial charge >= 0.3 is 0 Å². The Balaban J connectivity index is 1.70. The first-order valence-electron chi connectivity index (χ1n) is 10.2. The molecule has 0 aromatic rings. The first-order valence-corrected chi connectivity index (χ1v) is 10.2. The quantitative estimate of drug-likeness (QED) is 0.695. The summed E-state index contributed by atoms with van der Waals surface area (Å²) >= 11 is 0. The van der Waals surface area contributed by atoms with Crippen molar-refractivity contribution in [2.75, 3.05) is 6.61 Å². The van der Waals surface area contributed by atoms with E-state index in [4.69, 9.17) is 0 Å². The molecule has 4 aliphatic carbocycles. The molecule has 0 aromatic carbocycles. The van der Waals surface area contributed by atoms with E-state index in [9.17, 15) is 24.9 Å². The van der Waals surface area contributed by atoms with Crippen LogP contribution in [0.15, 0.2) is 0 Å². The van der Waals surface area contributed by atoms with Gasteiger partial charge in [-0.2, -0.15) is 0 Å². The highest BCUT2D eigenvalue weighted by atomic mass is 16.3. The third kappa shape index (κ3) is 2.20. The van der Waals surface area contributed by atoms with Crippen LogP contribution in [0.4, 0.5) is 0 Å². The van der Waals surface area contributed by atoms with E-state index in [0.29, 0.717) is 12.3 Å². The van der Waals surface area contributed by atoms with Gasteiger partial charge in [0, 0.05) is 17.8 Å². The van der Waals surface area contributed by atoms with Crippen LogP contribution in [0.25, 0.3) is 0 Å². The molecule has 0 aliphatic heterocycles. The average molecular weight is 364 g/mol. The molecule has 5 nitrogen and oxygen atoms in total. The number of ketones is 2. The lowest BCUT2D eigenvalue weighted by atomic mass is 9.44. The van der Waals surface area contributed by atoms with Crippen molar-refractivity contribution >= 4 is 11.6 Å². The van der Waals surface area contributed by atoms with Gasteiger partial charge < -0.3 is 15.3 Å². The second-order valence-corrected chi connectivity index (χ2v) is 10.00. The summed E-state index contributed by atoms with van der Waals surface area (Å²) < 4.78 is 0. The summed E-state index contributed by atoms with van der Waals surface area (Å²) in [5, 5.41) is 30.6. The first kappa shape index (κ1) is 18.6. The van der Waals surface area contributed by atoms with Crippen molar-refractivity contribution in [1.82, 2.24) is 0 Å². The number of carbonyl (C=O) groups is 2. The third-order valence-corrected chi connectivity index (χ3v) is 9.08. The minimum atomic E-state index is -1.58. The van der Waals surface area contributed by atoms with Gasteiger partial charge in [-0.05, 0) is 68.1 Å². The summed E-state index contributed by atoms with van der Waals surface area (Å²) in [6, 6.07) is 0. The monoisotopic (exact) mass is 364 g/mol. The number of rotatable bonds is 2. The van der Waals surface area contributed by atoms with Gasteiger partial charge in [-0.15, -0.1) is 0 Å². The number of Topliss-reactive ketones (excluding diaryl/α,β-unsaturated/α-hetero) is 2. The van der Waals surface area contributed by atoms with Gasteiger partial charge in [0.15, 0.2) is 5.78 Å². The van der Waals surface area contributed by atoms with Gasteiger partial charge in [-0.1, -0.05) is 13.8 Å². The normalized spacial score (nSPS) is 53.6. The third-order valence-electron chi connectivity index (χ3n) is 9.08. The second kappa shape index (κ2) is 5.86. The van der Waals surface area contributed by atoms with Crippen molar-refractivity contribution in [3.63, 3.8) is 0 Å². The number of hydrogen-bond acceptors (Lipinski definition) is 5. The van der Waals surface area contributed by atoms with E-state index in [-0.39, 0.29) is 41.5 Å². The molecule has 0 saturated heterocycles. The maximum absolute atomic E-state index is 13.4. The second-order valence-electron chi connectivity index (χ2n) is 10.00. The lowest BCUT2D eigenvalue weighted by Gasteiger charge is -2.60. The molecule has 0 heterocycles. The lowest BCUT2D eigenvalue weighted by molar-refractivity contribution is -0.180. The van der Waals surface area contributed by atoms with Crippen LogP contribution in [0, 0.1) is 34.5 Å². The standard InChI is InChI=1S/C21H32O5/c1-19-7-5-13(23)9-12(19)3-4-14-15-6-8-21(26,17(25)11-22)20(15,2)10-16(24)18(14)19/h12-15,18,22-23,26H,3-11H2,1-2H3/t12-,13-,14-,15+,18+,19-,20+,21-/m0/s1. The Morgan fingerprint density at radius 2 is 1.88 bits per heavy atom. The largest absolute Gasteiger partial charge is 0.393 e. The highest BCUT2D eigenvalue weighted by Crippen LogP contribution is 2.67. The number of fused-ring (bicyclic) bond motifs is 5. The van der Waals surface area contributed by atoms with Crippen molar-refractivity contribution < 1.29 is 24.9 Å². The number of aliphatic hydroxyl groups excluding tert-OH is 2. The van der Waals surface area contributed by atoms with E-state index < -0.39 is 23.4 Å². The molecule has 0 radical (unpaired) electrons. The molecule has 0 spiro atoms. The molecule has 0 bridgehead atoms. The predicted octanol–water partition coefficient (Wildman–Crippen LogP) is 1.86. The number of hydrogen-bond donors (Lipinski definition) is 3. The minimum absolute atomic E-state index is 0.0154. The summed E-state index contributed by atoms with van der Waals surface area (Å²) in [6.45, 7) is 3.46. The minimum Gasteiger partial charge on any atom is -0.393 e. The topological polar surface area (TPSA) is 94.8 Å². The molecule has 0 amide bonds. The summed E-state index contributed by atoms with van der Waals surface area (Å²) in [4.78, 5) is 25.7. The van der Waals surface area contributed by atoms with E-state index in [1.165, 1.54) is 0 Å². The Morgan fingerprint density at radius 3 is 2.58 bits per heavy atom. The van der Waals surface area contributed by atoms with E-state index >= 15 is 0 Å². The molecule has 0 aromatic heterocycles. The highest BCUT2D eigenvalue weighted by molar-refractivity contribution is 5.92. The zero-order valence-corrected chi connectivity index (χ0v) is 15.9. The Bertz CT molecular complexity index is 632. The van der Waals surface area contributed by atoms with E-state index in [2.05, 4.69) is 6.92 Å². The molecule has 3 N–H and O–H groups in total. The summed E-state index contributed by atoms with van der Waals surface area (Å²) in [6.07, 6.45) is 5.47. The molecular weight excluding hydrogens is 332 g/mol. The van der Waals surface area contributed by atoms with Crippen LogP contribution in [-0.2, 0) is 9.59 Å². The molecule has 4 saturated carbocycles. The fraction of sp³-hybridized carbons (Fsp3) is 0.905. The van der Waals surface area contributed by atoms with Crippen molar-refractivity contribution in [1.29, 1.82) is 0 Å². The number of aliphatic hydroxyl groups is 3. The smallest absolute Gasteiger partial charge is 0.190 e. The van der Waals surface area contributed by atoms with Crippen molar-refractivity contribution in [2.45, 2.75) is 76.9 Å². The molecule has 4 fully saturated rings. The SMILES string of the molecule is C[C@]12CC[C@H](O)C[C@@H]1CC[C@H]1[C@H]3CC[C@](O)(C(=O)CO)[C@]3(C)CC(=O)[C@@H]12. The lowest BCUT2D eigenvalue weighted by Crippen LogP contribution is -2.62. The van der Waals surface area contributed by atoms with Crippen molar-refractivity contribution in [3.05, 3.63) is 0 Å². The molecule has 0 unspecified atom stereocenters. The molecule has 4 aliphatic rings. The maximum Gasteiger partial charge on any atom is 0.190 e. The zero-order valence-electron chi connectivity index (χ0n) is 15.9. The van der Waals surface area contributed by atoms with Crippen LogP contribution in [0.5, 0.6) is 0 Å². The summed E-state index contributed by atoms with van der Waals surface area (Å²) in [5.74, 6) is 0.380. The van der Waals surface area contributed by atoms with E-state index in [1.807, 2.05) is 6.92 Å². The molecule has 4 rings (SSSR count). The van der Waals surface area contributed by atoms with Gasteiger partial charge in [0.25, 0.3) is 0 Å². The van der Waals surface area contributed by atoms with Crippen LogP contribution in [0.3, 0.4) is 0 Å². The van der Waals surface area contributed by atoms with Crippen LogP contribution in [-0.4, -0.2) is 45.2 Å². The molecule has 8 atom stereocenters. The molecular formula is C21H32O5. The van der Waals surface area contributed by atoms with Crippen molar-refractivity contribution in [3.8, 4) is 0 Å². The van der Waals surface area contributed by atoms with E-state index in [1.54, 1.807) is 0 Å². The molecule has 146 valence electrons. The maximum atomic E-state index is 13.4. The average Bonchev–Trinajstić information content (AvgIpc) is 2.86.